The molecule has 0 amide bonds. The van der Waals surface area contributed by atoms with Crippen molar-refractivity contribution < 1.29 is 9.53 Å². The van der Waals surface area contributed by atoms with E-state index in [4.69, 9.17) is 27.9 Å². The van der Waals surface area contributed by atoms with Crippen LogP contribution in [0.4, 0.5) is 0 Å². The summed E-state index contributed by atoms with van der Waals surface area (Å²) in [6.07, 6.45) is 0. The fourth-order valence-corrected chi connectivity index (χ4v) is 2.28. The van der Waals surface area contributed by atoms with Gasteiger partial charge in [-0.15, -0.1) is 0 Å². The van der Waals surface area contributed by atoms with Crippen molar-refractivity contribution in [3.05, 3.63) is 33.8 Å². The summed E-state index contributed by atoms with van der Waals surface area (Å²) >= 11 is 12.0. The van der Waals surface area contributed by atoms with E-state index in [9.17, 15) is 4.79 Å². The van der Waals surface area contributed by atoms with Crippen LogP contribution in [-0.2, 0) is 9.53 Å². The number of esters is 1. The van der Waals surface area contributed by atoms with Gasteiger partial charge in [0.2, 0.25) is 0 Å². The maximum absolute atomic E-state index is 12.1. The molecule has 0 aliphatic carbocycles. The maximum Gasteiger partial charge on any atom is 0.327 e. The fourth-order valence-electron chi connectivity index (χ4n) is 1.74. The summed E-state index contributed by atoms with van der Waals surface area (Å²) in [4.78, 5) is 14.1. The molecule has 1 aromatic carbocycles. The van der Waals surface area contributed by atoms with Gasteiger partial charge in [0.15, 0.2) is 0 Å². The average Bonchev–Trinajstić information content (AvgIpc) is 2.33. The van der Waals surface area contributed by atoms with Crippen molar-refractivity contribution in [1.82, 2.24) is 10.2 Å². The van der Waals surface area contributed by atoms with Crippen molar-refractivity contribution in [2.45, 2.75) is 13.0 Å². The first kappa shape index (κ1) is 17.2. The smallest absolute Gasteiger partial charge is 0.327 e. The molecule has 0 saturated heterocycles. The Kier molecular flexibility index (Phi) is 7.30. The Morgan fingerprint density at radius 2 is 1.90 bits per heavy atom. The predicted molar refractivity (Wildman–Crippen MR) is 82.4 cm³/mol. The Morgan fingerprint density at radius 1 is 1.30 bits per heavy atom. The van der Waals surface area contributed by atoms with E-state index in [1.807, 2.05) is 19.0 Å². The van der Waals surface area contributed by atoms with Crippen LogP contribution in [0.5, 0.6) is 0 Å². The highest BCUT2D eigenvalue weighted by molar-refractivity contribution is 6.34. The lowest BCUT2D eigenvalue weighted by Crippen LogP contribution is -2.35. The number of hydrogen-bond donors (Lipinski definition) is 1. The van der Waals surface area contributed by atoms with Gasteiger partial charge in [-0.2, -0.15) is 0 Å². The van der Waals surface area contributed by atoms with Crippen LogP contribution in [0.1, 0.15) is 18.5 Å². The molecule has 0 saturated carbocycles. The van der Waals surface area contributed by atoms with Crippen molar-refractivity contribution >= 4 is 29.2 Å². The lowest BCUT2D eigenvalue weighted by molar-refractivity contribution is -0.145. The first-order valence-corrected chi connectivity index (χ1v) is 7.20. The summed E-state index contributed by atoms with van der Waals surface area (Å²) < 4.78 is 5.09. The van der Waals surface area contributed by atoms with Gasteiger partial charge in [-0.05, 0) is 44.8 Å². The summed E-state index contributed by atoms with van der Waals surface area (Å²) in [5.74, 6) is -0.329. The first-order chi connectivity index (χ1) is 9.43. The quantitative estimate of drug-likeness (QED) is 0.785. The van der Waals surface area contributed by atoms with Gasteiger partial charge in [-0.1, -0.05) is 23.2 Å². The Morgan fingerprint density at radius 3 is 2.40 bits per heavy atom. The summed E-state index contributed by atoms with van der Waals surface area (Å²) in [6.45, 7) is 3.57. The normalized spacial score (nSPS) is 12.5. The fraction of sp³-hybridized carbons (Fsp3) is 0.500. The summed E-state index contributed by atoms with van der Waals surface area (Å²) in [6, 6.07) is 4.51. The molecule has 0 spiro atoms. The Bertz CT molecular complexity index is 433. The zero-order valence-corrected chi connectivity index (χ0v) is 13.5. The number of benzene rings is 1. The highest BCUT2D eigenvalue weighted by Crippen LogP contribution is 2.24. The number of nitrogens with one attached hydrogen (secondary N) is 1. The van der Waals surface area contributed by atoms with Crippen LogP contribution in [0, 0.1) is 0 Å². The lowest BCUT2D eigenvalue weighted by Gasteiger charge is -2.19. The van der Waals surface area contributed by atoms with Crippen LogP contribution >= 0.6 is 23.2 Å². The molecular formula is C14H20Cl2N2O2. The van der Waals surface area contributed by atoms with Crippen LogP contribution in [0.3, 0.4) is 0 Å². The van der Waals surface area contributed by atoms with E-state index in [2.05, 4.69) is 5.32 Å². The summed E-state index contributed by atoms with van der Waals surface area (Å²) in [5, 5.41) is 4.17. The van der Waals surface area contributed by atoms with E-state index in [-0.39, 0.29) is 5.97 Å². The molecule has 0 fully saturated rings. The topological polar surface area (TPSA) is 41.6 Å². The van der Waals surface area contributed by atoms with Gasteiger partial charge in [0.25, 0.3) is 0 Å². The zero-order chi connectivity index (χ0) is 15.1. The molecule has 1 aromatic rings. The number of rotatable bonds is 7. The minimum atomic E-state index is -0.564. The number of halogens is 2. The van der Waals surface area contributed by atoms with Gasteiger partial charge in [-0.25, -0.2) is 4.79 Å². The molecule has 0 aliphatic rings. The minimum absolute atomic E-state index is 0.329. The number of carbonyl (C=O) groups excluding carboxylic acids is 1. The third-order valence-corrected chi connectivity index (χ3v) is 3.08. The van der Waals surface area contributed by atoms with Crippen molar-refractivity contribution in [3.8, 4) is 0 Å². The molecule has 0 aromatic heterocycles. The van der Waals surface area contributed by atoms with E-state index in [1.165, 1.54) is 0 Å². The number of hydrogen-bond acceptors (Lipinski definition) is 4. The molecule has 20 heavy (non-hydrogen) atoms. The van der Waals surface area contributed by atoms with Gasteiger partial charge >= 0.3 is 5.97 Å². The molecule has 1 rings (SSSR count). The van der Waals surface area contributed by atoms with Crippen molar-refractivity contribution in [2.24, 2.45) is 0 Å². The third-order valence-electron chi connectivity index (χ3n) is 2.65. The molecule has 4 nitrogen and oxygen atoms in total. The monoisotopic (exact) mass is 318 g/mol. The van der Waals surface area contributed by atoms with Gasteiger partial charge in [0.1, 0.15) is 6.04 Å². The summed E-state index contributed by atoms with van der Waals surface area (Å²) in [7, 11) is 3.94. The molecule has 0 aliphatic heterocycles. The Labute approximate surface area is 130 Å². The van der Waals surface area contributed by atoms with E-state index >= 15 is 0 Å². The second-order valence-electron chi connectivity index (χ2n) is 4.65. The predicted octanol–water partition coefficient (Wildman–Crippen LogP) is 2.75. The van der Waals surface area contributed by atoms with Crippen LogP contribution in [-0.4, -0.2) is 44.7 Å². The Balaban J connectivity index is 2.88. The molecule has 1 unspecified atom stereocenters. The highest BCUT2D eigenvalue weighted by Gasteiger charge is 2.22. The lowest BCUT2D eigenvalue weighted by atomic mass is 10.1. The number of carbonyl (C=O) groups is 1. The van der Waals surface area contributed by atoms with Crippen LogP contribution in [0.2, 0.25) is 10.0 Å². The zero-order valence-electron chi connectivity index (χ0n) is 12.0. The number of ether oxygens (including phenoxy) is 1. The van der Waals surface area contributed by atoms with Crippen LogP contribution in [0.25, 0.3) is 0 Å². The molecule has 6 heteroatoms. The third kappa shape index (κ3) is 5.67. The molecule has 1 N–H and O–H groups in total. The molecule has 0 radical (unpaired) electrons. The van der Waals surface area contributed by atoms with Crippen LogP contribution < -0.4 is 5.32 Å². The van der Waals surface area contributed by atoms with E-state index in [0.29, 0.717) is 28.8 Å². The van der Waals surface area contributed by atoms with Gasteiger partial charge in [0.05, 0.1) is 6.61 Å². The van der Waals surface area contributed by atoms with Gasteiger partial charge in [-0.3, -0.25) is 5.32 Å². The van der Waals surface area contributed by atoms with Crippen LogP contribution in [0.15, 0.2) is 18.2 Å². The second kappa shape index (κ2) is 8.47. The van der Waals surface area contributed by atoms with E-state index < -0.39 is 6.04 Å². The first-order valence-electron chi connectivity index (χ1n) is 6.44. The number of likely N-dealkylation sites (N-methyl/N-ethyl adjacent to an activating group) is 1. The second-order valence-corrected chi connectivity index (χ2v) is 5.52. The van der Waals surface area contributed by atoms with Crippen molar-refractivity contribution in [1.29, 1.82) is 0 Å². The maximum atomic E-state index is 12.1. The van der Waals surface area contributed by atoms with Gasteiger partial charge in [0, 0.05) is 23.1 Å². The van der Waals surface area contributed by atoms with Gasteiger partial charge < -0.3 is 9.64 Å². The Hall–Kier alpha value is -0.810. The standard InChI is InChI=1S/C14H20Cl2N2O2/c1-4-20-14(19)13(17-5-6-18(2)3)10-7-11(15)9-12(16)8-10/h7-9,13,17H,4-6H2,1-3H3. The molecule has 112 valence electrons. The van der Waals surface area contributed by atoms with E-state index in [1.54, 1.807) is 25.1 Å². The van der Waals surface area contributed by atoms with E-state index in [0.717, 1.165) is 6.54 Å². The highest BCUT2D eigenvalue weighted by atomic mass is 35.5. The molecule has 0 bridgehead atoms. The largest absolute Gasteiger partial charge is 0.465 e. The van der Waals surface area contributed by atoms with Crippen molar-refractivity contribution in [3.63, 3.8) is 0 Å². The molecular weight excluding hydrogens is 299 g/mol. The number of nitrogens with zero attached hydrogens (tertiary/aromatic N) is 1. The molecule has 1 atom stereocenters. The minimum Gasteiger partial charge on any atom is -0.465 e. The van der Waals surface area contributed by atoms with Crippen molar-refractivity contribution in [2.75, 3.05) is 33.8 Å². The SMILES string of the molecule is CCOC(=O)C(NCCN(C)C)c1cc(Cl)cc(Cl)c1. The summed E-state index contributed by atoms with van der Waals surface area (Å²) in [5.41, 5.74) is 0.708. The average molecular weight is 319 g/mol. The molecule has 0 heterocycles.